The zero-order valence-corrected chi connectivity index (χ0v) is 16.9. The molecule has 0 spiro atoms. The van der Waals surface area contributed by atoms with Crippen LogP contribution in [0.3, 0.4) is 0 Å². The van der Waals surface area contributed by atoms with Gasteiger partial charge in [-0.15, -0.1) is 0 Å². The highest BCUT2D eigenvalue weighted by atomic mass is 16.5. The van der Waals surface area contributed by atoms with Crippen molar-refractivity contribution in [3.63, 3.8) is 0 Å². The quantitative estimate of drug-likeness (QED) is 0.798. The maximum atomic E-state index is 12.5. The fraction of sp³-hybridized carbons (Fsp3) is 0.391. The van der Waals surface area contributed by atoms with Crippen molar-refractivity contribution >= 4 is 11.8 Å². The van der Waals surface area contributed by atoms with Gasteiger partial charge in [-0.2, -0.15) is 0 Å². The lowest BCUT2D eigenvalue weighted by Crippen LogP contribution is -2.51. The van der Waals surface area contributed by atoms with Crippen molar-refractivity contribution in [3.8, 4) is 5.75 Å². The summed E-state index contributed by atoms with van der Waals surface area (Å²) in [6, 6.07) is 15.2. The van der Waals surface area contributed by atoms with Gasteiger partial charge in [-0.1, -0.05) is 38.1 Å². The molecule has 2 aromatic rings. The molecular weight excluding hydrogens is 352 g/mol. The lowest BCUT2D eigenvalue weighted by Gasteiger charge is -2.34. The third kappa shape index (κ3) is 4.71. The van der Waals surface area contributed by atoms with Crippen LogP contribution in [0.4, 0.5) is 0 Å². The number of nitrogens with zero attached hydrogens (tertiary/aromatic N) is 2. The Bertz CT molecular complexity index is 825. The SMILES string of the molecule is Cc1cc(OCC(=O)N2CCN(C(=O)c3ccccc3)CC2)ccc1C(C)C. The van der Waals surface area contributed by atoms with Crippen molar-refractivity contribution in [3.05, 3.63) is 65.2 Å². The minimum Gasteiger partial charge on any atom is -0.484 e. The van der Waals surface area contributed by atoms with Crippen molar-refractivity contribution in [1.29, 1.82) is 0 Å². The minimum absolute atomic E-state index is 0.0182. The summed E-state index contributed by atoms with van der Waals surface area (Å²) in [7, 11) is 0. The molecule has 148 valence electrons. The third-order valence-corrected chi connectivity index (χ3v) is 5.17. The van der Waals surface area contributed by atoms with Gasteiger partial charge < -0.3 is 14.5 Å². The predicted octanol–water partition coefficient (Wildman–Crippen LogP) is 3.48. The van der Waals surface area contributed by atoms with E-state index in [0.717, 1.165) is 0 Å². The molecule has 1 heterocycles. The number of carbonyl (C=O) groups is 2. The van der Waals surface area contributed by atoms with Gasteiger partial charge in [-0.05, 0) is 48.2 Å². The van der Waals surface area contributed by atoms with Crippen LogP contribution in [-0.2, 0) is 4.79 Å². The highest BCUT2D eigenvalue weighted by Crippen LogP contribution is 2.23. The van der Waals surface area contributed by atoms with E-state index in [1.807, 2.05) is 42.5 Å². The molecule has 0 radical (unpaired) electrons. The normalized spacial score (nSPS) is 14.3. The highest BCUT2D eigenvalue weighted by molar-refractivity contribution is 5.94. The molecule has 2 aromatic carbocycles. The Morgan fingerprint density at radius 1 is 0.964 bits per heavy atom. The lowest BCUT2D eigenvalue weighted by molar-refractivity contribution is -0.134. The molecule has 1 saturated heterocycles. The molecule has 1 aliphatic heterocycles. The van der Waals surface area contributed by atoms with Crippen molar-refractivity contribution in [2.75, 3.05) is 32.8 Å². The number of aryl methyl sites for hydroxylation is 1. The van der Waals surface area contributed by atoms with Crippen molar-refractivity contribution < 1.29 is 14.3 Å². The summed E-state index contributed by atoms with van der Waals surface area (Å²) < 4.78 is 5.71. The Balaban J connectivity index is 1.49. The summed E-state index contributed by atoms with van der Waals surface area (Å²) in [5.74, 6) is 1.15. The first kappa shape index (κ1) is 19.9. The first-order valence-corrected chi connectivity index (χ1v) is 9.81. The number of benzene rings is 2. The van der Waals surface area contributed by atoms with Gasteiger partial charge in [0, 0.05) is 31.7 Å². The fourth-order valence-corrected chi connectivity index (χ4v) is 3.54. The molecule has 0 saturated carbocycles. The molecule has 28 heavy (non-hydrogen) atoms. The molecule has 2 amide bonds. The van der Waals surface area contributed by atoms with Crippen molar-refractivity contribution in [2.45, 2.75) is 26.7 Å². The topological polar surface area (TPSA) is 49.9 Å². The number of hydrogen-bond acceptors (Lipinski definition) is 3. The van der Waals surface area contributed by atoms with Crippen LogP contribution < -0.4 is 4.74 Å². The van der Waals surface area contributed by atoms with E-state index in [1.54, 1.807) is 9.80 Å². The first-order chi connectivity index (χ1) is 13.5. The maximum absolute atomic E-state index is 12.5. The standard InChI is InChI=1S/C23H28N2O3/c1-17(2)21-10-9-20(15-18(21)3)28-16-22(26)24-11-13-25(14-12-24)23(27)19-7-5-4-6-8-19/h4-10,15,17H,11-14,16H2,1-3H3. The van der Waals surface area contributed by atoms with Gasteiger partial charge in [0.05, 0.1) is 0 Å². The minimum atomic E-state index is -0.0441. The van der Waals surface area contributed by atoms with E-state index in [0.29, 0.717) is 43.4 Å². The summed E-state index contributed by atoms with van der Waals surface area (Å²) in [5, 5.41) is 0. The maximum Gasteiger partial charge on any atom is 0.260 e. The van der Waals surface area contributed by atoms with Crippen molar-refractivity contribution in [2.24, 2.45) is 0 Å². The Morgan fingerprint density at radius 2 is 1.61 bits per heavy atom. The van der Waals surface area contributed by atoms with Crippen LogP contribution in [0.1, 0.15) is 41.3 Å². The van der Waals surface area contributed by atoms with Crippen LogP contribution in [-0.4, -0.2) is 54.4 Å². The van der Waals surface area contributed by atoms with E-state index in [2.05, 4.69) is 26.8 Å². The van der Waals surface area contributed by atoms with E-state index in [4.69, 9.17) is 4.74 Å². The zero-order chi connectivity index (χ0) is 20.1. The van der Waals surface area contributed by atoms with Gasteiger partial charge in [-0.3, -0.25) is 9.59 Å². The van der Waals surface area contributed by atoms with E-state index < -0.39 is 0 Å². The molecule has 0 bridgehead atoms. The van der Waals surface area contributed by atoms with Crippen LogP contribution in [0.2, 0.25) is 0 Å². The lowest BCUT2D eigenvalue weighted by atomic mass is 9.98. The molecule has 5 nitrogen and oxygen atoms in total. The van der Waals surface area contributed by atoms with Crippen LogP contribution >= 0.6 is 0 Å². The number of rotatable bonds is 5. The number of amides is 2. The summed E-state index contributed by atoms with van der Waals surface area (Å²) in [6.07, 6.45) is 0. The highest BCUT2D eigenvalue weighted by Gasteiger charge is 2.25. The second-order valence-electron chi connectivity index (χ2n) is 7.50. The van der Waals surface area contributed by atoms with Crippen LogP contribution in [0.15, 0.2) is 48.5 Å². The molecule has 0 unspecified atom stereocenters. The van der Waals surface area contributed by atoms with E-state index in [9.17, 15) is 9.59 Å². The first-order valence-electron chi connectivity index (χ1n) is 9.81. The Labute approximate surface area is 166 Å². The van der Waals surface area contributed by atoms with Gasteiger partial charge in [0.25, 0.3) is 11.8 Å². The monoisotopic (exact) mass is 380 g/mol. The molecule has 0 aromatic heterocycles. The summed E-state index contributed by atoms with van der Waals surface area (Å²) in [5.41, 5.74) is 3.15. The Morgan fingerprint density at radius 3 is 2.21 bits per heavy atom. The number of carbonyl (C=O) groups excluding carboxylic acids is 2. The largest absolute Gasteiger partial charge is 0.484 e. The average Bonchev–Trinajstić information content (AvgIpc) is 2.72. The van der Waals surface area contributed by atoms with Gasteiger partial charge in [0.1, 0.15) is 5.75 Å². The average molecular weight is 380 g/mol. The van der Waals surface area contributed by atoms with Gasteiger partial charge in [0.2, 0.25) is 0 Å². The second-order valence-corrected chi connectivity index (χ2v) is 7.50. The fourth-order valence-electron chi connectivity index (χ4n) is 3.54. The van der Waals surface area contributed by atoms with Gasteiger partial charge in [-0.25, -0.2) is 0 Å². The number of hydrogen-bond donors (Lipinski definition) is 0. The smallest absolute Gasteiger partial charge is 0.260 e. The zero-order valence-electron chi connectivity index (χ0n) is 16.9. The molecule has 5 heteroatoms. The summed E-state index contributed by atoms with van der Waals surface area (Å²) in [6.45, 7) is 8.56. The van der Waals surface area contributed by atoms with Crippen LogP contribution in [0.25, 0.3) is 0 Å². The molecule has 1 aliphatic rings. The molecule has 3 rings (SSSR count). The second kappa shape index (κ2) is 8.91. The predicted molar refractivity (Wildman–Crippen MR) is 110 cm³/mol. The van der Waals surface area contributed by atoms with Gasteiger partial charge >= 0.3 is 0 Å². The molecule has 1 fully saturated rings. The number of piperazine rings is 1. The van der Waals surface area contributed by atoms with E-state index in [1.165, 1.54) is 11.1 Å². The third-order valence-electron chi connectivity index (χ3n) is 5.17. The Hall–Kier alpha value is -2.82. The van der Waals surface area contributed by atoms with Gasteiger partial charge in [0.15, 0.2) is 6.61 Å². The molecule has 0 N–H and O–H groups in total. The van der Waals surface area contributed by atoms with E-state index in [-0.39, 0.29) is 18.4 Å². The molecule has 0 aliphatic carbocycles. The van der Waals surface area contributed by atoms with Crippen molar-refractivity contribution in [1.82, 2.24) is 9.80 Å². The summed E-state index contributed by atoms with van der Waals surface area (Å²) >= 11 is 0. The van der Waals surface area contributed by atoms with Crippen LogP contribution in [0, 0.1) is 6.92 Å². The summed E-state index contributed by atoms with van der Waals surface area (Å²) in [4.78, 5) is 28.5. The Kier molecular flexibility index (Phi) is 6.34. The van der Waals surface area contributed by atoms with E-state index >= 15 is 0 Å². The van der Waals surface area contributed by atoms with Crippen LogP contribution in [0.5, 0.6) is 5.75 Å². The molecular formula is C23H28N2O3. The molecule has 0 atom stereocenters. The number of ether oxygens (including phenoxy) is 1.